The molecule has 4 nitrogen and oxygen atoms in total. The van der Waals surface area contributed by atoms with Crippen LogP contribution in [0.25, 0.3) is 0 Å². The number of hydrogen-bond acceptors (Lipinski definition) is 4. The standard InChI is InChI=1S/C10H14N2O2S/c1-8-9(15-7-11-8)6-10(13)12-2-4-14-5-3-12/h7H,2-6H2,1H3. The van der Waals surface area contributed by atoms with Crippen molar-refractivity contribution in [2.75, 3.05) is 26.3 Å². The van der Waals surface area contributed by atoms with E-state index >= 15 is 0 Å². The van der Waals surface area contributed by atoms with Crippen molar-refractivity contribution in [1.82, 2.24) is 9.88 Å². The second-order valence-electron chi connectivity index (χ2n) is 3.53. The highest BCUT2D eigenvalue weighted by Crippen LogP contribution is 2.14. The summed E-state index contributed by atoms with van der Waals surface area (Å²) in [5.41, 5.74) is 2.76. The lowest BCUT2D eigenvalue weighted by atomic mass is 10.2. The minimum Gasteiger partial charge on any atom is -0.378 e. The Morgan fingerprint density at radius 2 is 2.33 bits per heavy atom. The number of nitrogens with zero attached hydrogens (tertiary/aromatic N) is 2. The summed E-state index contributed by atoms with van der Waals surface area (Å²) in [5, 5.41) is 0. The normalized spacial score (nSPS) is 16.7. The van der Waals surface area contributed by atoms with Crippen LogP contribution in [0, 0.1) is 6.92 Å². The van der Waals surface area contributed by atoms with Gasteiger partial charge in [-0.15, -0.1) is 11.3 Å². The van der Waals surface area contributed by atoms with Gasteiger partial charge in [0.1, 0.15) is 0 Å². The molecule has 0 spiro atoms. The van der Waals surface area contributed by atoms with E-state index in [2.05, 4.69) is 4.98 Å². The third-order valence-electron chi connectivity index (χ3n) is 2.52. The van der Waals surface area contributed by atoms with Crippen molar-refractivity contribution in [2.45, 2.75) is 13.3 Å². The quantitative estimate of drug-likeness (QED) is 0.751. The number of ether oxygens (including phenoxy) is 1. The van der Waals surface area contributed by atoms with Crippen molar-refractivity contribution in [3.05, 3.63) is 16.1 Å². The van der Waals surface area contributed by atoms with Crippen molar-refractivity contribution >= 4 is 17.2 Å². The lowest BCUT2D eigenvalue weighted by Gasteiger charge is -2.26. The maximum absolute atomic E-state index is 11.9. The first-order valence-electron chi connectivity index (χ1n) is 5.02. The van der Waals surface area contributed by atoms with Crippen LogP contribution in [-0.2, 0) is 16.0 Å². The van der Waals surface area contributed by atoms with Gasteiger partial charge in [0.25, 0.3) is 0 Å². The summed E-state index contributed by atoms with van der Waals surface area (Å²) in [6.45, 7) is 4.70. The molecule has 15 heavy (non-hydrogen) atoms. The summed E-state index contributed by atoms with van der Waals surface area (Å²) >= 11 is 1.55. The molecule has 0 saturated carbocycles. The molecule has 0 aliphatic carbocycles. The summed E-state index contributed by atoms with van der Waals surface area (Å²) in [6, 6.07) is 0. The number of carbonyl (C=O) groups is 1. The minimum atomic E-state index is 0.186. The highest BCUT2D eigenvalue weighted by Gasteiger charge is 2.18. The molecule has 1 amide bonds. The van der Waals surface area contributed by atoms with Crippen molar-refractivity contribution < 1.29 is 9.53 Å². The van der Waals surface area contributed by atoms with E-state index < -0.39 is 0 Å². The monoisotopic (exact) mass is 226 g/mol. The SMILES string of the molecule is Cc1ncsc1CC(=O)N1CCOCC1. The number of aryl methyl sites for hydroxylation is 1. The van der Waals surface area contributed by atoms with Crippen LogP contribution >= 0.6 is 11.3 Å². The third-order valence-corrected chi connectivity index (χ3v) is 3.46. The fraction of sp³-hybridized carbons (Fsp3) is 0.600. The average molecular weight is 226 g/mol. The lowest BCUT2D eigenvalue weighted by molar-refractivity contribution is -0.134. The molecule has 0 unspecified atom stereocenters. The number of hydrogen-bond donors (Lipinski definition) is 0. The third kappa shape index (κ3) is 2.54. The van der Waals surface area contributed by atoms with Gasteiger partial charge in [-0.1, -0.05) is 0 Å². The largest absolute Gasteiger partial charge is 0.378 e. The van der Waals surface area contributed by atoms with E-state index in [0.717, 1.165) is 23.7 Å². The highest BCUT2D eigenvalue weighted by atomic mass is 32.1. The smallest absolute Gasteiger partial charge is 0.228 e. The molecule has 2 heterocycles. The molecule has 5 heteroatoms. The van der Waals surface area contributed by atoms with Crippen LogP contribution in [0.3, 0.4) is 0 Å². The van der Waals surface area contributed by atoms with Gasteiger partial charge in [-0.25, -0.2) is 4.98 Å². The number of aromatic nitrogens is 1. The van der Waals surface area contributed by atoms with E-state index in [1.165, 1.54) is 0 Å². The molecular formula is C10H14N2O2S. The van der Waals surface area contributed by atoms with Gasteiger partial charge in [0.2, 0.25) is 5.91 Å². The van der Waals surface area contributed by atoms with Gasteiger partial charge < -0.3 is 9.64 Å². The van der Waals surface area contributed by atoms with Crippen LogP contribution in [-0.4, -0.2) is 42.1 Å². The molecule has 0 atom stereocenters. The fourth-order valence-electron chi connectivity index (χ4n) is 1.56. The van der Waals surface area contributed by atoms with Gasteiger partial charge in [-0.2, -0.15) is 0 Å². The van der Waals surface area contributed by atoms with Gasteiger partial charge in [0.05, 0.1) is 30.8 Å². The Hall–Kier alpha value is -0.940. The van der Waals surface area contributed by atoms with E-state index in [-0.39, 0.29) is 5.91 Å². The van der Waals surface area contributed by atoms with Gasteiger partial charge in [0.15, 0.2) is 0 Å². The van der Waals surface area contributed by atoms with Gasteiger partial charge in [-0.3, -0.25) is 4.79 Å². The van der Waals surface area contributed by atoms with E-state index in [1.54, 1.807) is 16.8 Å². The molecular weight excluding hydrogens is 212 g/mol. The Kier molecular flexibility index (Phi) is 3.33. The van der Waals surface area contributed by atoms with E-state index in [9.17, 15) is 4.79 Å². The molecule has 0 N–H and O–H groups in total. The fourth-order valence-corrected chi connectivity index (χ4v) is 2.33. The Morgan fingerprint density at radius 3 is 2.93 bits per heavy atom. The molecule has 1 aliphatic heterocycles. The molecule has 0 radical (unpaired) electrons. The zero-order valence-electron chi connectivity index (χ0n) is 8.73. The molecule has 1 saturated heterocycles. The number of thiazole rings is 1. The average Bonchev–Trinajstić information content (AvgIpc) is 2.66. The topological polar surface area (TPSA) is 42.4 Å². The van der Waals surface area contributed by atoms with Crippen molar-refractivity contribution in [2.24, 2.45) is 0 Å². The predicted octanol–water partition coefficient (Wildman–Crippen LogP) is 0.853. The Balaban J connectivity index is 1.94. The summed E-state index contributed by atoms with van der Waals surface area (Å²) in [4.78, 5) is 18.9. The maximum atomic E-state index is 11.9. The van der Waals surface area contributed by atoms with Crippen LogP contribution in [0.5, 0.6) is 0 Å². The van der Waals surface area contributed by atoms with Gasteiger partial charge in [-0.05, 0) is 6.92 Å². The predicted molar refractivity (Wildman–Crippen MR) is 58.0 cm³/mol. The summed E-state index contributed by atoms with van der Waals surface area (Å²) in [5.74, 6) is 0.186. The van der Waals surface area contributed by atoms with Crippen LogP contribution in [0.1, 0.15) is 10.6 Å². The molecule has 0 aromatic carbocycles. The zero-order chi connectivity index (χ0) is 10.7. The molecule has 1 aliphatic rings. The van der Waals surface area contributed by atoms with Crippen LogP contribution in [0.15, 0.2) is 5.51 Å². The molecule has 2 rings (SSSR count). The first-order valence-corrected chi connectivity index (χ1v) is 5.90. The minimum absolute atomic E-state index is 0.186. The van der Waals surface area contributed by atoms with E-state index in [1.807, 2.05) is 11.8 Å². The summed E-state index contributed by atoms with van der Waals surface area (Å²) < 4.78 is 5.21. The number of carbonyl (C=O) groups excluding carboxylic acids is 1. The van der Waals surface area contributed by atoms with Crippen molar-refractivity contribution in [3.63, 3.8) is 0 Å². The lowest BCUT2D eigenvalue weighted by Crippen LogP contribution is -2.41. The van der Waals surface area contributed by atoms with Gasteiger partial charge in [0, 0.05) is 18.0 Å². The molecule has 1 aromatic rings. The number of morpholine rings is 1. The van der Waals surface area contributed by atoms with E-state index in [4.69, 9.17) is 4.74 Å². The van der Waals surface area contributed by atoms with Crippen molar-refractivity contribution in [1.29, 1.82) is 0 Å². The van der Waals surface area contributed by atoms with Crippen LogP contribution in [0.4, 0.5) is 0 Å². The van der Waals surface area contributed by atoms with Crippen molar-refractivity contribution in [3.8, 4) is 0 Å². The molecule has 0 bridgehead atoms. The summed E-state index contributed by atoms with van der Waals surface area (Å²) in [6.07, 6.45) is 0.483. The first kappa shape index (κ1) is 10.6. The molecule has 1 aromatic heterocycles. The zero-order valence-corrected chi connectivity index (χ0v) is 9.55. The second-order valence-corrected chi connectivity index (χ2v) is 4.47. The van der Waals surface area contributed by atoms with Gasteiger partial charge >= 0.3 is 0 Å². The number of amides is 1. The Morgan fingerprint density at radius 1 is 1.60 bits per heavy atom. The van der Waals surface area contributed by atoms with Crippen LogP contribution in [0.2, 0.25) is 0 Å². The Bertz CT molecular complexity index is 345. The molecule has 1 fully saturated rings. The molecule has 82 valence electrons. The number of rotatable bonds is 2. The first-order chi connectivity index (χ1) is 7.27. The second kappa shape index (κ2) is 4.72. The van der Waals surface area contributed by atoms with E-state index in [0.29, 0.717) is 19.6 Å². The van der Waals surface area contributed by atoms with Crippen LogP contribution < -0.4 is 0 Å². The summed E-state index contributed by atoms with van der Waals surface area (Å²) in [7, 11) is 0. The highest BCUT2D eigenvalue weighted by molar-refractivity contribution is 7.09. The maximum Gasteiger partial charge on any atom is 0.228 e. The Labute approximate surface area is 92.9 Å².